The number of alkyl halides is 2. The van der Waals surface area contributed by atoms with Crippen molar-refractivity contribution < 1.29 is 18.6 Å². The minimum atomic E-state index is -2.67. The number of aliphatic hydroxyl groups excluding tert-OH is 1. The Kier molecular flexibility index (Phi) is 5.58. The maximum Gasteiger partial charge on any atom is 0.265 e. The maximum absolute atomic E-state index is 12.1. The molecule has 1 aliphatic heterocycles. The standard InChI is InChI=1S/C11H21F2NO2/c1-7(2)10-5-8(3-4-16-10)14-6-9(15)11(12)13/h7-11,14-15H,3-6H2,1-2H3. The molecule has 3 nitrogen and oxygen atoms in total. The number of hydrogen-bond acceptors (Lipinski definition) is 3. The lowest BCUT2D eigenvalue weighted by atomic mass is 9.95. The minimum absolute atomic E-state index is 0.0485. The average molecular weight is 237 g/mol. The van der Waals surface area contributed by atoms with E-state index in [1.54, 1.807) is 0 Å². The van der Waals surface area contributed by atoms with Gasteiger partial charge in [0.25, 0.3) is 6.43 Å². The van der Waals surface area contributed by atoms with Gasteiger partial charge in [0, 0.05) is 19.2 Å². The summed E-state index contributed by atoms with van der Waals surface area (Å²) < 4.78 is 29.7. The van der Waals surface area contributed by atoms with Crippen molar-refractivity contribution in [2.75, 3.05) is 13.2 Å². The summed E-state index contributed by atoms with van der Waals surface area (Å²) in [5.41, 5.74) is 0. The highest BCUT2D eigenvalue weighted by Crippen LogP contribution is 2.20. The van der Waals surface area contributed by atoms with Crippen LogP contribution in [-0.4, -0.2) is 42.9 Å². The van der Waals surface area contributed by atoms with Crippen LogP contribution in [0.3, 0.4) is 0 Å². The molecule has 1 heterocycles. The third-order valence-corrected chi connectivity index (χ3v) is 2.97. The van der Waals surface area contributed by atoms with Crippen molar-refractivity contribution in [1.29, 1.82) is 0 Å². The molecular weight excluding hydrogens is 216 g/mol. The van der Waals surface area contributed by atoms with Crippen molar-refractivity contribution in [3.8, 4) is 0 Å². The zero-order chi connectivity index (χ0) is 12.1. The van der Waals surface area contributed by atoms with Gasteiger partial charge in [0.2, 0.25) is 0 Å². The molecule has 0 aromatic heterocycles. The first-order chi connectivity index (χ1) is 7.50. The van der Waals surface area contributed by atoms with E-state index in [1.807, 2.05) is 0 Å². The van der Waals surface area contributed by atoms with E-state index < -0.39 is 12.5 Å². The Bertz CT molecular complexity index is 202. The monoisotopic (exact) mass is 237 g/mol. The van der Waals surface area contributed by atoms with Gasteiger partial charge in [-0.25, -0.2) is 8.78 Å². The van der Waals surface area contributed by atoms with E-state index in [4.69, 9.17) is 9.84 Å². The molecule has 1 rings (SSSR count). The number of hydrogen-bond donors (Lipinski definition) is 2. The lowest BCUT2D eigenvalue weighted by Gasteiger charge is -2.32. The van der Waals surface area contributed by atoms with Crippen LogP contribution in [0, 0.1) is 5.92 Å². The van der Waals surface area contributed by atoms with E-state index in [0.29, 0.717) is 12.5 Å². The van der Waals surface area contributed by atoms with Crippen LogP contribution in [0.4, 0.5) is 8.78 Å². The average Bonchev–Trinajstić information content (AvgIpc) is 2.26. The molecule has 0 aromatic rings. The Balaban J connectivity index is 2.26. The van der Waals surface area contributed by atoms with Crippen LogP contribution in [0.15, 0.2) is 0 Å². The maximum atomic E-state index is 12.1. The molecule has 5 heteroatoms. The molecule has 1 saturated heterocycles. The summed E-state index contributed by atoms with van der Waals surface area (Å²) in [4.78, 5) is 0. The van der Waals surface area contributed by atoms with Gasteiger partial charge in [-0.3, -0.25) is 0 Å². The summed E-state index contributed by atoms with van der Waals surface area (Å²) in [6.45, 7) is 4.78. The van der Waals surface area contributed by atoms with Gasteiger partial charge in [-0.15, -0.1) is 0 Å². The predicted molar refractivity (Wildman–Crippen MR) is 57.6 cm³/mol. The Morgan fingerprint density at radius 1 is 1.44 bits per heavy atom. The van der Waals surface area contributed by atoms with Gasteiger partial charge in [-0.2, -0.15) is 0 Å². The molecule has 0 spiro atoms. The Morgan fingerprint density at radius 3 is 2.69 bits per heavy atom. The molecule has 0 amide bonds. The molecule has 0 aliphatic carbocycles. The summed E-state index contributed by atoms with van der Waals surface area (Å²) >= 11 is 0. The molecule has 0 bridgehead atoms. The fourth-order valence-corrected chi connectivity index (χ4v) is 1.85. The second-order valence-electron chi connectivity index (χ2n) is 4.68. The largest absolute Gasteiger partial charge is 0.386 e. The van der Waals surface area contributed by atoms with E-state index in [1.165, 1.54) is 0 Å². The Morgan fingerprint density at radius 2 is 2.12 bits per heavy atom. The van der Waals surface area contributed by atoms with Crippen molar-refractivity contribution in [1.82, 2.24) is 5.32 Å². The molecular formula is C11H21F2NO2. The lowest BCUT2D eigenvalue weighted by molar-refractivity contribution is -0.0333. The van der Waals surface area contributed by atoms with Gasteiger partial charge in [-0.1, -0.05) is 13.8 Å². The molecule has 96 valence electrons. The number of rotatable bonds is 5. The van der Waals surface area contributed by atoms with Gasteiger partial charge in [0.1, 0.15) is 6.10 Å². The van der Waals surface area contributed by atoms with Crippen molar-refractivity contribution in [2.45, 2.75) is 51.4 Å². The Labute approximate surface area is 95.2 Å². The molecule has 0 aromatic carbocycles. The number of aliphatic hydroxyl groups is 1. The lowest BCUT2D eigenvalue weighted by Crippen LogP contribution is -2.44. The van der Waals surface area contributed by atoms with E-state index >= 15 is 0 Å². The molecule has 2 N–H and O–H groups in total. The van der Waals surface area contributed by atoms with Crippen LogP contribution in [0.5, 0.6) is 0 Å². The topological polar surface area (TPSA) is 41.5 Å². The van der Waals surface area contributed by atoms with Crippen molar-refractivity contribution in [3.05, 3.63) is 0 Å². The summed E-state index contributed by atoms with van der Waals surface area (Å²) in [7, 11) is 0. The third kappa shape index (κ3) is 4.31. The highest BCUT2D eigenvalue weighted by Gasteiger charge is 2.26. The van der Waals surface area contributed by atoms with E-state index in [-0.39, 0.29) is 18.7 Å². The number of ether oxygens (including phenoxy) is 1. The van der Waals surface area contributed by atoms with Crippen LogP contribution in [0.1, 0.15) is 26.7 Å². The van der Waals surface area contributed by atoms with Crippen LogP contribution in [0.2, 0.25) is 0 Å². The van der Waals surface area contributed by atoms with Gasteiger partial charge in [0.15, 0.2) is 0 Å². The quantitative estimate of drug-likeness (QED) is 0.759. The van der Waals surface area contributed by atoms with E-state index in [2.05, 4.69) is 19.2 Å². The molecule has 3 atom stereocenters. The molecule has 16 heavy (non-hydrogen) atoms. The van der Waals surface area contributed by atoms with E-state index in [0.717, 1.165) is 12.8 Å². The number of nitrogens with one attached hydrogen (secondary N) is 1. The molecule has 1 aliphatic rings. The first-order valence-electron chi connectivity index (χ1n) is 5.82. The fraction of sp³-hybridized carbons (Fsp3) is 1.00. The SMILES string of the molecule is CC(C)C1CC(NCC(O)C(F)F)CCO1. The minimum Gasteiger partial charge on any atom is -0.386 e. The second kappa shape index (κ2) is 6.47. The van der Waals surface area contributed by atoms with Gasteiger partial charge < -0.3 is 15.2 Å². The van der Waals surface area contributed by atoms with Crippen LogP contribution >= 0.6 is 0 Å². The smallest absolute Gasteiger partial charge is 0.265 e. The first kappa shape index (κ1) is 13.8. The molecule has 0 radical (unpaired) electrons. The highest BCUT2D eigenvalue weighted by atomic mass is 19.3. The molecule has 3 unspecified atom stereocenters. The summed E-state index contributed by atoms with van der Waals surface area (Å²) in [5, 5.41) is 12.0. The summed E-state index contributed by atoms with van der Waals surface area (Å²) in [5.74, 6) is 0.435. The highest BCUT2D eigenvalue weighted by molar-refractivity contribution is 4.79. The predicted octanol–water partition coefficient (Wildman–Crippen LogP) is 1.41. The van der Waals surface area contributed by atoms with Gasteiger partial charge in [-0.05, 0) is 18.8 Å². The third-order valence-electron chi connectivity index (χ3n) is 2.97. The van der Waals surface area contributed by atoms with Crippen molar-refractivity contribution in [3.63, 3.8) is 0 Å². The number of halogens is 2. The molecule has 1 fully saturated rings. The van der Waals surface area contributed by atoms with Gasteiger partial charge >= 0.3 is 0 Å². The molecule has 0 saturated carbocycles. The normalized spacial score (nSPS) is 28.7. The van der Waals surface area contributed by atoms with Crippen LogP contribution < -0.4 is 5.32 Å². The van der Waals surface area contributed by atoms with Gasteiger partial charge in [0.05, 0.1) is 6.10 Å². The second-order valence-corrected chi connectivity index (χ2v) is 4.68. The Hall–Kier alpha value is -0.260. The van der Waals surface area contributed by atoms with Crippen molar-refractivity contribution in [2.24, 2.45) is 5.92 Å². The van der Waals surface area contributed by atoms with Crippen molar-refractivity contribution >= 4 is 0 Å². The summed E-state index contributed by atoms with van der Waals surface area (Å²) in [6.07, 6.45) is -2.41. The van der Waals surface area contributed by atoms with Crippen LogP contribution in [0.25, 0.3) is 0 Å². The first-order valence-corrected chi connectivity index (χ1v) is 5.82. The zero-order valence-corrected chi connectivity index (χ0v) is 9.83. The summed E-state index contributed by atoms with van der Waals surface area (Å²) in [6, 6.07) is 0.176. The van der Waals surface area contributed by atoms with Crippen LogP contribution in [-0.2, 0) is 4.74 Å². The van der Waals surface area contributed by atoms with E-state index in [9.17, 15) is 8.78 Å². The fourth-order valence-electron chi connectivity index (χ4n) is 1.85. The zero-order valence-electron chi connectivity index (χ0n) is 9.83.